The number of amides is 4. The van der Waals surface area contributed by atoms with Gasteiger partial charge < -0.3 is 26.0 Å². The molecule has 14 heteroatoms. The molecule has 6 rings (SSSR count). The van der Waals surface area contributed by atoms with Crippen molar-refractivity contribution in [2.24, 2.45) is 0 Å². The van der Waals surface area contributed by atoms with Crippen molar-refractivity contribution in [3.05, 3.63) is 124 Å². The third-order valence-corrected chi connectivity index (χ3v) is 8.27. The molecule has 4 amide bonds. The van der Waals surface area contributed by atoms with Gasteiger partial charge in [-0.3, -0.25) is 9.59 Å². The van der Waals surface area contributed by atoms with Gasteiger partial charge >= 0.3 is 12.0 Å². The zero-order valence-corrected chi connectivity index (χ0v) is 28.3. The summed E-state index contributed by atoms with van der Waals surface area (Å²) in [4.78, 5) is 57.4. The van der Waals surface area contributed by atoms with Crippen LogP contribution in [-0.4, -0.2) is 44.0 Å². The summed E-state index contributed by atoms with van der Waals surface area (Å²) in [5.74, 6) is -3.80. The van der Waals surface area contributed by atoms with Gasteiger partial charge in [-0.1, -0.05) is 30.3 Å². The fourth-order valence-electron chi connectivity index (χ4n) is 5.87. The number of fused-ring (bicyclic) bond motifs is 2. The number of hydrogen-bond donors (Lipinski definition) is 4. The van der Waals surface area contributed by atoms with E-state index >= 15 is 0 Å². The van der Waals surface area contributed by atoms with Gasteiger partial charge in [0.25, 0.3) is 11.8 Å². The molecule has 0 spiro atoms. The molecule has 0 bridgehead atoms. The monoisotopic (exact) mass is 695 g/mol. The highest BCUT2D eigenvalue weighted by molar-refractivity contribution is 6.03. The number of para-hydroxylation sites is 1. The van der Waals surface area contributed by atoms with Crippen molar-refractivity contribution in [1.82, 2.24) is 25.2 Å². The molecule has 0 fully saturated rings. The van der Waals surface area contributed by atoms with E-state index in [1.807, 2.05) is 6.92 Å². The average molecular weight is 696 g/mol. The first kappa shape index (κ1) is 34.7. The molecular formula is C37H35F2N7O5. The van der Waals surface area contributed by atoms with E-state index in [1.54, 1.807) is 63.2 Å². The number of nitrogens with one attached hydrogen (secondary N) is 4. The second kappa shape index (κ2) is 14.0. The fourth-order valence-corrected chi connectivity index (χ4v) is 5.87. The summed E-state index contributed by atoms with van der Waals surface area (Å²) in [7, 11) is 0. The van der Waals surface area contributed by atoms with Crippen LogP contribution in [0.4, 0.5) is 25.0 Å². The summed E-state index contributed by atoms with van der Waals surface area (Å²) in [6.07, 6.45) is 2.47. The van der Waals surface area contributed by atoms with Crippen LogP contribution in [0, 0.1) is 18.6 Å². The SMILES string of the molecule is Cc1c(C(=O)OC(C)(C)C)ccc2c1CC[C@@H]2NC(=O)c1cc(C(=O)NCc2ccc(F)c(F)c2)nc2c(NC(=O)Nc3ccccc3)cnn12. The van der Waals surface area contributed by atoms with Crippen LogP contribution in [0.2, 0.25) is 0 Å². The number of carbonyl (C=O) groups excluding carboxylic acids is 4. The molecule has 1 aliphatic rings. The minimum Gasteiger partial charge on any atom is -0.456 e. The van der Waals surface area contributed by atoms with Crippen molar-refractivity contribution in [1.29, 1.82) is 0 Å². The Morgan fingerprint density at radius 3 is 2.43 bits per heavy atom. The molecule has 4 N–H and O–H groups in total. The maximum Gasteiger partial charge on any atom is 0.338 e. The van der Waals surface area contributed by atoms with Crippen molar-refractivity contribution in [2.45, 2.75) is 58.7 Å². The molecule has 5 aromatic rings. The van der Waals surface area contributed by atoms with Crippen LogP contribution in [-0.2, 0) is 17.7 Å². The Kier molecular flexibility index (Phi) is 9.50. The lowest BCUT2D eigenvalue weighted by atomic mass is 9.97. The van der Waals surface area contributed by atoms with E-state index < -0.39 is 47.1 Å². The van der Waals surface area contributed by atoms with Crippen LogP contribution in [0.15, 0.2) is 72.9 Å². The van der Waals surface area contributed by atoms with Crippen molar-refractivity contribution in [3.8, 4) is 0 Å². The van der Waals surface area contributed by atoms with Gasteiger partial charge in [0.15, 0.2) is 17.3 Å². The maximum atomic E-state index is 14.0. The highest BCUT2D eigenvalue weighted by Gasteiger charge is 2.30. The summed E-state index contributed by atoms with van der Waals surface area (Å²) in [5.41, 5.74) is 3.09. The predicted octanol–water partition coefficient (Wildman–Crippen LogP) is 6.26. The van der Waals surface area contributed by atoms with Gasteiger partial charge in [0.2, 0.25) is 0 Å². The van der Waals surface area contributed by atoms with E-state index in [-0.39, 0.29) is 29.3 Å². The van der Waals surface area contributed by atoms with Gasteiger partial charge in [-0.15, -0.1) is 0 Å². The summed E-state index contributed by atoms with van der Waals surface area (Å²) in [6.45, 7) is 7.10. The number of aromatic nitrogens is 3. The second-order valence-electron chi connectivity index (χ2n) is 13.1. The van der Waals surface area contributed by atoms with Gasteiger partial charge in [-0.25, -0.2) is 27.9 Å². The molecule has 2 heterocycles. The smallest absolute Gasteiger partial charge is 0.338 e. The summed E-state index contributed by atoms with van der Waals surface area (Å²) >= 11 is 0. The van der Waals surface area contributed by atoms with E-state index in [0.717, 1.165) is 28.8 Å². The molecule has 0 radical (unpaired) electrons. The third kappa shape index (κ3) is 7.69. The normalized spacial score (nSPS) is 13.7. The zero-order chi connectivity index (χ0) is 36.4. The lowest BCUT2D eigenvalue weighted by Crippen LogP contribution is -2.31. The lowest BCUT2D eigenvalue weighted by molar-refractivity contribution is 0.00682. The number of hydrogen-bond acceptors (Lipinski definition) is 7. The molecule has 0 unspecified atom stereocenters. The number of esters is 1. The Labute approximate surface area is 291 Å². The molecule has 0 aliphatic heterocycles. The molecule has 0 saturated heterocycles. The minimum atomic E-state index is -1.06. The third-order valence-electron chi connectivity index (χ3n) is 8.27. The first-order chi connectivity index (χ1) is 24.3. The molecular weight excluding hydrogens is 660 g/mol. The van der Waals surface area contributed by atoms with Crippen LogP contribution in [0.5, 0.6) is 0 Å². The van der Waals surface area contributed by atoms with Gasteiger partial charge in [0.05, 0.1) is 17.8 Å². The van der Waals surface area contributed by atoms with Crippen LogP contribution >= 0.6 is 0 Å². The van der Waals surface area contributed by atoms with Gasteiger partial charge in [-0.05, 0) is 93.1 Å². The number of anilines is 2. The van der Waals surface area contributed by atoms with Crippen LogP contribution in [0.1, 0.15) is 86.8 Å². The highest BCUT2D eigenvalue weighted by Crippen LogP contribution is 2.35. The van der Waals surface area contributed by atoms with Crippen molar-refractivity contribution in [3.63, 3.8) is 0 Å². The quantitative estimate of drug-likeness (QED) is 0.140. The number of ether oxygens (including phenoxy) is 1. The molecule has 1 aliphatic carbocycles. The predicted molar refractivity (Wildman–Crippen MR) is 184 cm³/mol. The Balaban J connectivity index is 1.29. The molecule has 3 aromatic carbocycles. The summed E-state index contributed by atoms with van der Waals surface area (Å²) in [5, 5.41) is 15.3. The van der Waals surface area contributed by atoms with Crippen LogP contribution in [0.3, 0.4) is 0 Å². The molecule has 1 atom stereocenters. The molecule has 262 valence electrons. The maximum absolute atomic E-state index is 14.0. The Hall–Kier alpha value is -6.18. The van der Waals surface area contributed by atoms with Crippen LogP contribution < -0.4 is 21.3 Å². The Morgan fingerprint density at radius 2 is 1.71 bits per heavy atom. The largest absolute Gasteiger partial charge is 0.456 e. The average Bonchev–Trinajstić information content (AvgIpc) is 3.68. The van der Waals surface area contributed by atoms with E-state index in [0.29, 0.717) is 29.7 Å². The molecule has 12 nitrogen and oxygen atoms in total. The van der Waals surface area contributed by atoms with Gasteiger partial charge in [0.1, 0.15) is 22.7 Å². The molecule has 2 aromatic heterocycles. The highest BCUT2D eigenvalue weighted by atomic mass is 19.2. The van der Waals surface area contributed by atoms with Crippen molar-refractivity contribution >= 4 is 40.8 Å². The molecule has 0 saturated carbocycles. The number of carbonyl (C=O) groups is 4. The summed E-state index contributed by atoms with van der Waals surface area (Å²) in [6, 6.07) is 15.7. The number of benzene rings is 3. The number of rotatable bonds is 8. The topological polar surface area (TPSA) is 156 Å². The zero-order valence-electron chi connectivity index (χ0n) is 28.3. The van der Waals surface area contributed by atoms with Crippen molar-refractivity contribution in [2.75, 3.05) is 10.6 Å². The van der Waals surface area contributed by atoms with Crippen LogP contribution in [0.25, 0.3) is 5.65 Å². The Morgan fingerprint density at radius 1 is 0.941 bits per heavy atom. The van der Waals surface area contributed by atoms with E-state index in [2.05, 4.69) is 31.3 Å². The van der Waals surface area contributed by atoms with E-state index in [9.17, 15) is 28.0 Å². The fraction of sp³-hybridized carbons (Fsp3) is 0.243. The summed E-state index contributed by atoms with van der Waals surface area (Å²) < 4.78 is 34.0. The van der Waals surface area contributed by atoms with E-state index in [4.69, 9.17) is 4.74 Å². The van der Waals surface area contributed by atoms with Crippen molar-refractivity contribution < 1.29 is 32.7 Å². The molecule has 51 heavy (non-hydrogen) atoms. The lowest BCUT2D eigenvalue weighted by Gasteiger charge is -2.21. The first-order valence-corrected chi connectivity index (χ1v) is 16.2. The first-order valence-electron chi connectivity index (χ1n) is 16.2. The number of urea groups is 1. The van der Waals surface area contributed by atoms with Gasteiger partial charge in [0, 0.05) is 18.3 Å². The standard InChI is InChI=1S/C37H35F2N7O5/c1-20-23-13-15-28(25(23)12-11-24(20)35(49)51-37(2,3)4)44-34(48)31-17-29(33(47)40-18-21-10-14-26(38)27(39)16-21)43-32-30(19-41-46(31)32)45-36(50)42-22-8-6-5-7-9-22/h5-12,14,16-17,19,28H,13,15,18H2,1-4H3,(H,40,47)(H,44,48)(H2,42,45,50)/t28-/m0/s1. The van der Waals surface area contributed by atoms with E-state index in [1.165, 1.54) is 22.8 Å². The number of nitrogens with zero attached hydrogens (tertiary/aromatic N) is 3. The van der Waals surface area contributed by atoms with Gasteiger partial charge in [-0.2, -0.15) is 5.10 Å². The Bertz CT molecular complexity index is 2180. The number of halogens is 2. The second-order valence-corrected chi connectivity index (χ2v) is 13.1. The minimum absolute atomic E-state index is 0.00788.